The number of aromatic nitrogens is 6. The number of fused-ring (bicyclic) bond motifs is 2. The molecule has 12 heteroatoms. The minimum atomic E-state index is -2.66. The van der Waals surface area contributed by atoms with Crippen molar-refractivity contribution in [2.75, 3.05) is 5.73 Å². The molecule has 1 atom stereocenters. The maximum absolute atomic E-state index is 13.2. The largest absolute Gasteiger partial charge is 0.383 e. The van der Waals surface area contributed by atoms with E-state index in [9.17, 15) is 13.6 Å². The van der Waals surface area contributed by atoms with E-state index in [0.717, 1.165) is 46.7 Å². The van der Waals surface area contributed by atoms with Crippen molar-refractivity contribution in [1.82, 2.24) is 34.8 Å². The summed E-state index contributed by atoms with van der Waals surface area (Å²) in [5.74, 6) is 0.695. The molecule has 1 aromatic carbocycles. The van der Waals surface area contributed by atoms with Crippen molar-refractivity contribution in [3.8, 4) is 27.8 Å². The Morgan fingerprint density at radius 1 is 1.09 bits per heavy atom. The molecule has 0 spiro atoms. The summed E-state index contributed by atoms with van der Waals surface area (Å²) in [7, 11) is 0. The monoisotopic (exact) mass is 594 g/mol. The number of aryl methyl sites for hydroxylation is 2. The lowest BCUT2D eigenvalue weighted by atomic mass is 10.1. The van der Waals surface area contributed by atoms with Crippen LogP contribution in [0.25, 0.3) is 38.9 Å². The molecule has 0 unspecified atom stereocenters. The molecule has 214 valence electrons. The molecule has 5 heterocycles. The maximum Gasteiger partial charge on any atom is 0.281 e. The first-order chi connectivity index (χ1) is 20.9. The molecule has 1 aliphatic rings. The van der Waals surface area contributed by atoms with Crippen LogP contribution in [0.5, 0.6) is 0 Å². The Labute approximate surface area is 248 Å². The Morgan fingerprint density at radius 2 is 1.98 bits per heavy atom. The van der Waals surface area contributed by atoms with Crippen LogP contribution in [-0.4, -0.2) is 35.4 Å². The van der Waals surface area contributed by atoms with Gasteiger partial charge in [-0.2, -0.15) is 0 Å². The molecular weight excluding hydrogens is 570 g/mol. The van der Waals surface area contributed by atoms with Gasteiger partial charge in [-0.25, -0.2) is 28.7 Å². The number of pyridine rings is 3. The fourth-order valence-electron chi connectivity index (χ4n) is 5.35. The molecule has 0 bridgehead atoms. The Morgan fingerprint density at radius 3 is 2.74 bits per heavy atom. The van der Waals surface area contributed by atoms with Crippen LogP contribution in [0.4, 0.5) is 14.6 Å². The van der Waals surface area contributed by atoms with Gasteiger partial charge in [0.2, 0.25) is 0 Å². The fourth-order valence-corrected chi connectivity index (χ4v) is 6.13. The standard InChI is InChI=1S/C31H24F2N8OS/c1-16-4-5-18(14-36-16)30(42)39-22-9-6-17-13-19(7-8-20(17)22)41-28(21-3-2-12-35-27(21)34)37-23-10-11-24(38-29(23)41)31-40-25(15-43-31)26(32)33/h2-5,7-8,10-15,22,26H,6,9H2,1H3,(H2,34,35)(H,39,42)/t22-/m0/s1. The fraction of sp³-hybridized carbons (Fsp3) is 0.161. The van der Waals surface area contributed by atoms with Crippen molar-refractivity contribution in [2.24, 2.45) is 0 Å². The van der Waals surface area contributed by atoms with Gasteiger partial charge in [-0.05, 0) is 79.4 Å². The zero-order valence-corrected chi connectivity index (χ0v) is 23.6. The second kappa shape index (κ2) is 10.6. The molecule has 5 aromatic heterocycles. The SMILES string of the molecule is Cc1ccc(C(=O)N[C@H]2CCc3cc(-n4c(-c5cccnc5N)nc5ccc(-c6nc(C(F)F)cs6)nc54)ccc32)cn1. The number of nitrogen functional groups attached to an aromatic ring is 1. The normalized spacial score (nSPS) is 14.4. The molecular formula is C31H24F2N8OS. The third-order valence-corrected chi connectivity index (χ3v) is 8.37. The minimum absolute atomic E-state index is 0.135. The Hall–Kier alpha value is -5.10. The van der Waals surface area contributed by atoms with Crippen molar-refractivity contribution in [1.29, 1.82) is 0 Å². The van der Waals surface area contributed by atoms with Gasteiger partial charge >= 0.3 is 0 Å². The summed E-state index contributed by atoms with van der Waals surface area (Å²) in [4.78, 5) is 35.2. The van der Waals surface area contributed by atoms with Crippen molar-refractivity contribution < 1.29 is 13.6 Å². The summed E-state index contributed by atoms with van der Waals surface area (Å²) in [6.07, 6.45) is 2.07. The third-order valence-electron chi connectivity index (χ3n) is 7.49. The molecule has 43 heavy (non-hydrogen) atoms. The second-order valence-corrected chi connectivity index (χ2v) is 11.1. The number of imidazole rings is 1. The van der Waals surface area contributed by atoms with Gasteiger partial charge in [-0.15, -0.1) is 11.3 Å². The van der Waals surface area contributed by atoms with Crippen LogP contribution in [0.2, 0.25) is 0 Å². The highest BCUT2D eigenvalue weighted by Gasteiger charge is 2.26. The van der Waals surface area contributed by atoms with Crippen LogP contribution in [0.3, 0.4) is 0 Å². The number of benzene rings is 1. The summed E-state index contributed by atoms with van der Waals surface area (Å²) in [6.45, 7) is 1.88. The van der Waals surface area contributed by atoms with E-state index in [1.807, 2.05) is 35.8 Å². The van der Waals surface area contributed by atoms with Crippen molar-refractivity contribution in [2.45, 2.75) is 32.2 Å². The van der Waals surface area contributed by atoms with Gasteiger partial charge in [-0.3, -0.25) is 14.3 Å². The highest BCUT2D eigenvalue weighted by Crippen LogP contribution is 2.37. The Bertz CT molecular complexity index is 2000. The quantitative estimate of drug-likeness (QED) is 0.234. The van der Waals surface area contributed by atoms with Crippen LogP contribution in [0, 0.1) is 6.92 Å². The van der Waals surface area contributed by atoms with Crippen LogP contribution in [-0.2, 0) is 6.42 Å². The predicted octanol–water partition coefficient (Wildman–Crippen LogP) is 6.25. The summed E-state index contributed by atoms with van der Waals surface area (Å²) in [6, 6.07) is 16.6. The van der Waals surface area contributed by atoms with Crippen molar-refractivity contribution >= 4 is 34.2 Å². The molecule has 6 aromatic rings. The number of anilines is 1. The number of halogens is 2. The molecule has 0 aliphatic heterocycles. The molecule has 0 radical (unpaired) electrons. The van der Waals surface area contributed by atoms with Gasteiger partial charge in [0, 0.05) is 29.2 Å². The van der Waals surface area contributed by atoms with E-state index < -0.39 is 6.43 Å². The summed E-state index contributed by atoms with van der Waals surface area (Å²) >= 11 is 1.12. The summed E-state index contributed by atoms with van der Waals surface area (Å²) in [5.41, 5.74) is 12.5. The van der Waals surface area contributed by atoms with Gasteiger partial charge < -0.3 is 11.1 Å². The molecule has 7 rings (SSSR count). The lowest BCUT2D eigenvalue weighted by Crippen LogP contribution is -2.27. The van der Waals surface area contributed by atoms with E-state index in [1.165, 1.54) is 5.38 Å². The third kappa shape index (κ3) is 4.89. The average Bonchev–Trinajstić information content (AvgIpc) is 3.75. The predicted molar refractivity (Wildman–Crippen MR) is 160 cm³/mol. The topological polar surface area (TPSA) is 124 Å². The lowest BCUT2D eigenvalue weighted by Gasteiger charge is -2.16. The van der Waals surface area contributed by atoms with Crippen molar-refractivity contribution in [3.63, 3.8) is 0 Å². The summed E-state index contributed by atoms with van der Waals surface area (Å²) in [5, 5.41) is 4.88. The number of amides is 1. The van der Waals surface area contributed by atoms with Gasteiger partial charge in [0.05, 0.1) is 17.2 Å². The number of alkyl halides is 2. The van der Waals surface area contributed by atoms with Gasteiger partial charge in [0.15, 0.2) is 11.5 Å². The number of nitrogens with one attached hydrogen (secondary N) is 1. The van der Waals surface area contributed by atoms with Crippen LogP contribution >= 0.6 is 11.3 Å². The average molecular weight is 595 g/mol. The number of hydrogen-bond acceptors (Lipinski definition) is 8. The van der Waals surface area contributed by atoms with Gasteiger partial charge in [0.25, 0.3) is 12.3 Å². The number of hydrogen-bond donors (Lipinski definition) is 2. The number of rotatable bonds is 6. The van der Waals surface area contributed by atoms with E-state index in [1.54, 1.807) is 36.7 Å². The van der Waals surface area contributed by atoms with Crippen LogP contribution in [0.15, 0.2) is 72.4 Å². The molecule has 0 saturated carbocycles. The maximum atomic E-state index is 13.2. The first kappa shape index (κ1) is 26.8. The highest BCUT2D eigenvalue weighted by molar-refractivity contribution is 7.13. The van der Waals surface area contributed by atoms with E-state index >= 15 is 0 Å². The van der Waals surface area contributed by atoms with Crippen LogP contribution in [0.1, 0.15) is 51.8 Å². The molecule has 0 saturated heterocycles. The molecule has 3 N–H and O–H groups in total. The molecule has 0 fully saturated rings. The molecule has 1 aliphatic carbocycles. The Kier molecular flexibility index (Phi) is 6.62. The second-order valence-electron chi connectivity index (χ2n) is 10.3. The number of nitrogens with zero attached hydrogens (tertiary/aromatic N) is 6. The summed E-state index contributed by atoms with van der Waals surface area (Å²) < 4.78 is 28.4. The van der Waals surface area contributed by atoms with Gasteiger partial charge in [-0.1, -0.05) is 6.07 Å². The van der Waals surface area contributed by atoms with Crippen molar-refractivity contribution in [3.05, 3.63) is 100 Å². The zero-order valence-electron chi connectivity index (χ0n) is 22.8. The number of thiazole rings is 1. The highest BCUT2D eigenvalue weighted by atomic mass is 32.1. The van der Waals surface area contributed by atoms with E-state index in [0.29, 0.717) is 44.6 Å². The van der Waals surface area contributed by atoms with Gasteiger partial charge in [0.1, 0.15) is 27.7 Å². The van der Waals surface area contributed by atoms with E-state index in [-0.39, 0.29) is 17.6 Å². The smallest absolute Gasteiger partial charge is 0.281 e. The van der Waals surface area contributed by atoms with E-state index in [4.69, 9.17) is 15.7 Å². The molecule has 9 nitrogen and oxygen atoms in total. The van der Waals surface area contributed by atoms with E-state index in [2.05, 4.69) is 26.3 Å². The zero-order chi connectivity index (χ0) is 29.7. The van der Waals surface area contributed by atoms with Crippen LogP contribution < -0.4 is 11.1 Å². The first-order valence-electron chi connectivity index (χ1n) is 13.6. The molecule has 1 amide bonds. The number of carbonyl (C=O) groups excluding carboxylic acids is 1. The number of carbonyl (C=O) groups is 1. The number of nitrogens with two attached hydrogens (primary N) is 1. The lowest BCUT2D eigenvalue weighted by molar-refractivity contribution is 0.0936. The first-order valence-corrected chi connectivity index (χ1v) is 14.4. The Balaban J connectivity index is 1.30. The minimum Gasteiger partial charge on any atom is -0.383 e.